The summed E-state index contributed by atoms with van der Waals surface area (Å²) < 4.78 is 16.3. The number of rotatable bonds is 1. The number of imidazole rings is 1. The standard InChI is InChI=1S/C14H9FN4S/c15-8-1-3-10-12(5-8)19(14(16)18-10)9-2-4-11-13(6-9)20-7-17-11/h1-7H,(H2,16,18). The summed E-state index contributed by atoms with van der Waals surface area (Å²) in [6, 6.07) is 10.3. The summed E-state index contributed by atoms with van der Waals surface area (Å²) >= 11 is 1.55. The van der Waals surface area contributed by atoms with Gasteiger partial charge in [-0.2, -0.15) is 0 Å². The fourth-order valence-electron chi connectivity index (χ4n) is 2.32. The van der Waals surface area contributed by atoms with E-state index in [0.29, 0.717) is 17.0 Å². The predicted octanol–water partition coefficient (Wildman–Crippen LogP) is 3.36. The zero-order chi connectivity index (χ0) is 13.7. The van der Waals surface area contributed by atoms with Crippen molar-refractivity contribution in [3.05, 3.63) is 47.7 Å². The van der Waals surface area contributed by atoms with E-state index in [1.807, 2.05) is 18.2 Å². The normalized spacial score (nSPS) is 11.4. The molecule has 98 valence electrons. The summed E-state index contributed by atoms with van der Waals surface area (Å²) in [5.41, 5.74) is 10.9. The Morgan fingerprint density at radius 1 is 1.10 bits per heavy atom. The summed E-state index contributed by atoms with van der Waals surface area (Å²) in [7, 11) is 0. The van der Waals surface area contributed by atoms with E-state index in [1.54, 1.807) is 27.5 Å². The number of thiazole rings is 1. The molecular formula is C14H9FN4S. The van der Waals surface area contributed by atoms with E-state index in [2.05, 4.69) is 9.97 Å². The van der Waals surface area contributed by atoms with Crippen molar-refractivity contribution < 1.29 is 4.39 Å². The molecule has 0 aliphatic carbocycles. The molecule has 0 unspecified atom stereocenters. The van der Waals surface area contributed by atoms with Crippen LogP contribution in [0.3, 0.4) is 0 Å². The van der Waals surface area contributed by atoms with Crippen LogP contribution in [-0.2, 0) is 0 Å². The van der Waals surface area contributed by atoms with Crippen LogP contribution in [0.4, 0.5) is 10.3 Å². The third-order valence-electron chi connectivity index (χ3n) is 3.22. The smallest absolute Gasteiger partial charge is 0.205 e. The minimum absolute atomic E-state index is 0.308. The van der Waals surface area contributed by atoms with Crippen LogP contribution in [-0.4, -0.2) is 14.5 Å². The molecule has 4 nitrogen and oxygen atoms in total. The van der Waals surface area contributed by atoms with Crippen molar-refractivity contribution in [1.82, 2.24) is 14.5 Å². The molecule has 2 N–H and O–H groups in total. The molecule has 0 atom stereocenters. The SMILES string of the molecule is Nc1nc2ccc(F)cc2n1-c1ccc2ncsc2c1. The van der Waals surface area contributed by atoms with E-state index in [0.717, 1.165) is 15.9 Å². The van der Waals surface area contributed by atoms with E-state index < -0.39 is 0 Å². The number of nitrogens with two attached hydrogens (primary N) is 1. The molecule has 0 aliphatic heterocycles. The highest BCUT2D eigenvalue weighted by Crippen LogP contribution is 2.27. The van der Waals surface area contributed by atoms with Gasteiger partial charge in [0.1, 0.15) is 5.82 Å². The summed E-state index contributed by atoms with van der Waals surface area (Å²) in [6.07, 6.45) is 0. The minimum atomic E-state index is -0.308. The van der Waals surface area contributed by atoms with Crippen molar-refractivity contribution >= 4 is 38.5 Å². The van der Waals surface area contributed by atoms with Gasteiger partial charge in [-0.3, -0.25) is 4.57 Å². The number of fused-ring (bicyclic) bond motifs is 2. The van der Waals surface area contributed by atoms with Gasteiger partial charge in [-0.25, -0.2) is 14.4 Å². The van der Waals surface area contributed by atoms with E-state index in [9.17, 15) is 4.39 Å². The molecule has 4 aromatic rings. The number of hydrogen-bond donors (Lipinski definition) is 1. The molecule has 6 heteroatoms. The summed E-state index contributed by atoms with van der Waals surface area (Å²) in [5, 5.41) is 0. The van der Waals surface area contributed by atoms with Crippen LogP contribution in [0.1, 0.15) is 0 Å². The number of anilines is 1. The molecular weight excluding hydrogens is 275 g/mol. The lowest BCUT2D eigenvalue weighted by Gasteiger charge is -2.06. The van der Waals surface area contributed by atoms with Crippen LogP contribution in [0, 0.1) is 5.82 Å². The first-order valence-corrected chi connectivity index (χ1v) is 6.87. The molecule has 0 spiro atoms. The Morgan fingerprint density at radius 3 is 2.85 bits per heavy atom. The molecule has 2 aromatic heterocycles. The molecule has 0 saturated carbocycles. The topological polar surface area (TPSA) is 56.7 Å². The highest BCUT2D eigenvalue weighted by molar-refractivity contribution is 7.16. The summed E-state index contributed by atoms with van der Waals surface area (Å²) in [6.45, 7) is 0. The molecule has 0 radical (unpaired) electrons. The average Bonchev–Trinajstić information content (AvgIpc) is 3.00. The molecule has 0 aliphatic rings. The number of halogens is 1. The molecule has 20 heavy (non-hydrogen) atoms. The lowest BCUT2D eigenvalue weighted by molar-refractivity contribution is 0.629. The second-order valence-electron chi connectivity index (χ2n) is 4.44. The molecule has 0 fully saturated rings. The Morgan fingerprint density at radius 2 is 1.95 bits per heavy atom. The highest BCUT2D eigenvalue weighted by atomic mass is 32.1. The molecule has 0 bridgehead atoms. The van der Waals surface area contributed by atoms with Gasteiger partial charge in [-0.15, -0.1) is 11.3 Å². The molecule has 0 saturated heterocycles. The van der Waals surface area contributed by atoms with E-state index in [-0.39, 0.29) is 5.82 Å². The Labute approximate surface area is 117 Å². The van der Waals surface area contributed by atoms with Crippen molar-refractivity contribution in [3.8, 4) is 5.69 Å². The van der Waals surface area contributed by atoms with Crippen molar-refractivity contribution in [2.45, 2.75) is 0 Å². The zero-order valence-corrected chi connectivity index (χ0v) is 11.1. The maximum Gasteiger partial charge on any atom is 0.205 e. The number of aromatic nitrogens is 3. The van der Waals surface area contributed by atoms with Crippen LogP contribution in [0.15, 0.2) is 41.9 Å². The third-order valence-corrected chi connectivity index (χ3v) is 4.01. The number of nitrogens with zero attached hydrogens (tertiary/aromatic N) is 3. The Bertz CT molecular complexity index is 941. The molecule has 2 aromatic carbocycles. The second-order valence-corrected chi connectivity index (χ2v) is 5.33. The molecule has 4 rings (SSSR count). The lowest BCUT2D eigenvalue weighted by Crippen LogP contribution is -2.00. The van der Waals surface area contributed by atoms with Crippen LogP contribution >= 0.6 is 11.3 Å². The number of benzene rings is 2. The lowest BCUT2D eigenvalue weighted by atomic mass is 10.2. The maximum atomic E-state index is 13.5. The third kappa shape index (κ3) is 1.58. The Hall–Kier alpha value is -2.47. The van der Waals surface area contributed by atoms with E-state index in [1.165, 1.54) is 12.1 Å². The van der Waals surface area contributed by atoms with Gasteiger partial charge in [0.15, 0.2) is 0 Å². The van der Waals surface area contributed by atoms with Crippen molar-refractivity contribution in [3.63, 3.8) is 0 Å². The maximum absolute atomic E-state index is 13.5. The zero-order valence-electron chi connectivity index (χ0n) is 10.2. The first-order valence-electron chi connectivity index (χ1n) is 5.99. The van der Waals surface area contributed by atoms with Gasteiger partial charge in [0.2, 0.25) is 5.95 Å². The van der Waals surface area contributed by atoms with Crippen LogP contribution in [0.5, 0.6) is 0 Å². The van der Waals surface area contributed by atoms with E-state index >= 15 is 0 Å². The second kappa shape index (κ2) is 4.01. The van der Waals surface area contributed by atoms with Crippen molar-refractivity contribution in [2.24, 2.45) is 0 Å². The monoisotopic (exact) mass is 284 g/mol. The van der Waals surface area contributed by atoms with Gasteiger partial charge in [0.05, 0.1) is 32.4 Å². The fourth-order valence-corrected chi connectivity index (χ4v) is 3.03. The van der Waals surface area contributed by atoms with Crippen LogP contribution in [0.25, 0.3) is 26.9 Å². The highest BCUT2D eigenvalue weighted by Gasteiger charge is 2.11. The van der Waals surface area contributed by atoms with Crippen LogP contribution < -0.4 is 5.73 Å². The molecule has 2 heterocycles. The van der Waals surface area contributed by atoms with Crippen molar-refractivity contribution in [2.75, 3.05) is 5.73 Å². The van der Waals surface area contributed by atoms with Gasteiger partial charge >= 0.3 is 0 Å². The minimum Gasteiger partial charge on any atom is -0.369 e. The number of nitrogen functional groups attached to an aromatic ring is 1. The fraction of sp³-hybridized carbons (Fsp3) is 0. The van der Waals surface area contributed by atoms with Crippen molar-refractivity contribution in [1.29, 1.82) is 0 Å². The first kappa shape index (κ1) is 11.4. The summed E-state index contributed by atoms with van der Waals surface area (Å²) in [5.74, 6) is 0.0342. The van der Waals surface area contributed by atoms with Gasteiger partial charge in [0.25, 0.3) is 0 Å². The summed E-state index contributed by atoms with van der Waals surface area (Å²) in [4.78, 5) is 8.50. The van der Waals surface area contributed by atoms with Crippen LogP contribution in [0.2, 0.25) is 0 Å². The van der Waals surface area contributed by atoms with Gasteiger partial charge in [-0.1, -0.05) is 0 Å². The molecule has 0 amide bonds. The van der Waals surface area contributed by atoms with E-state index in [4.69, 9.17) is 5.73 Å². The largest absolute Gasteiger partial charge is 0.369 e. The Balaban J connectivity index is 2.05. The predicted molar refractivity (Wildman–Crippen MR) is 78.6 cm³/mol. The van der Waals surface area contributed by atoms with Gasteiger partial charge < -0.3 is 5.73 Å². The van der Waals surface area contributed by atoms with Gasteiger partial charge in [0, 0.05) is 6.07 Å². The van der Waals surface area contributed by atoms with Gasteiger partial charge in [-0.05, 0) is 30.3 Å². The average molecular weight is 284 g/mol. The quantitative estimate of drug-likeness (QED) is 0.583. The Kier molecular flexibility index (Phi) is 2.28. The first-order chi connectivity index (χ1) is 9.72. The number of hydrogen-bond acceptors (Lipinski definition) is 4.